The monoisotopic (exact) mass is 268 g/mol. The fraction of sp³-hybridized carbons (Fsp3) is 0.375. The van der Waals surface area contributed by atoms with E-state index in [9.17, 15) is 0 Å². The number of nitrogens with zero attached hydrogens (tertiary/aromatic N) is 2. The standard InChI is InChI=1S/C16H20N4/c1-10-6-11(2)16(12(3)7-10)14-4-5-15(20-19-14)18-13-8-17-9-13/h4-7,13,17H,8-9H2,1-3H3,(H,18,20). The zero-order chi connectivity index (χ0) is 14.1. The lowest BCUT2D eigenvalue weighted by atomic mass is 9.97. The minimum atomic E-state index is 0.484. The molecule has 2 aromatic rings. The third-order valence-corrected chi connectivity index (χ3v) is 3.73. The summed E-state index contributed by atoms with van der Waals surface area (Å²) in [6.45, 7) is 8.38. The lowest BCUT2D eigenvalue weighted by molar-refractivity contribution is 0.470. The molecule has 104 valence electrons. The minimum Gasteiger partial charge on any atom is -0.363 e. The lowest BCUT2D eigenvalue weighted by Gasteiger charge is -2.28. The van der Waals surface area contributed by atoms with Gasteiger partial charge in [0.05, 0.1) is 11.7 Å². The van der Waals surface area contributed by atoms with E-state index in [1.165, 1.54) is 22.3 Å². The summed E-state index contributed by atoms with van der Waals surface area (Å²) in [5.74, 6) is 0.850. The van der Waals surface area contributed by atoms with Crippen molar-refractivity contribution in [3.63, 3.8) is 0 Å². The van der Waals surface area contributed by atoms with Gasteiger partial charge >= 0.3 is 0 Å². The molecule has 1 fully saturated rings. The van der Waals surface area contributed by atoms with Gasteiger partial charge in [-0.2, -0.15) is 0 Å². The first-order valence-corrected chi connectivity index (χ1v) is 7.02. The van der Waals surface area contributed by atoms with Gasteiger partial charge in [-0.3, -0.25) is 0 Å². The van der Waals surface area contributed by atoms with E-state index in [1.807, 2.05) is 12.1 Å². The van der Waals surface area contributed by atoms with Crippen LogP contribution in [0.3, 0.4) is 0 Å². The molecule has 0 bridgehead atoms. The molecule has 0 unspecified atom stereocenters. The number of nitrogens with one attached hydrogen (secondary N) is 2. The van der Waals surface area contributed by atoms with Gasteiger partial charge in [0.15, 0.2) is 0 Å². The fourth-order valence-electron chi connectivity index (χ4n) is 2.73. The second-order valence-corrected chi connectivity index (χ2v) is 5.58. The molecule has 20 heavy (non-hydrogen) atoms. The number of rotatable bonds is 3. The second kappa shape index (κ2) is 5.21. The molecule has 0 spiro atoms. The summed E-state index contributed by atoms with van der Waals surface area (Å²) in [5, 5.41) is 15.3. The van der Waals surface area contributed by atoms with Crippen molar-refractivity contribution < 1.29 is 0 Å². The van der Waals surface area contributed by atoms with Gasteiger partial charge in [-0.1, -0.05) is 17.7 Å². The van der Waals surface area contributed by atoms with E-state index in [0.717, 1.165) is 24.6 Å². The van der Waals surface area contributed by atoms with Crippen molar-refractivity contribution in [2.45, 2.75) is 26.8 Å². The van der Waals surface area contributed by atoms with Crippen molar-refractivity contribution >= 4 is 5.82 Å². The number of anilines is 1. The van der Waals surface area contributed by atoms with Crippen LogP contribution in [0, 0.1) is 20.8 Å². The summed E-state index contributed by atoms with van der Waals surface area (Å²) < 4.78 is 0. The molecule has 0 radical (unpaired) electrons. The van der Waals surface area contributed by atoms with Crippen LogP contribution in [0.1, 0.15) is 16.7 Å². The van der Waals surface area contributed by atoms with Crippen LogP contribution in [0.2, 0.25) is 0 Å². The maximum absolute atomic E-state index is 4.38. The van der Waals surface area contributed by atoms with E-state index in [0.29, 0.717) is 6.04 Å². The Bertz CT molecular complexity index is 592. The van der Waals surface area contributed by atoms with Gasteiger partial charge in [0.2, 0.25) is 0 Å². The number of hydrogen-bond donors (Lipinski definition) is 2. The van der Waals surface area contributed by atoms with Crippen LogP contribution in [0.4, 0.5) is 5.82 Å². The van der Waals surface area contributed by atoms with Gasteiger partial charge in [-0.15, -0.1) is 10.2 Å². The highest BCUT2D eigenvalue weighted by Gasteiger charge is 2.16. The highest BCUT2D eigenvalue weighted by Crippen LogP contribution is 2.26. The topological polar surface area (TPSA) is 49.8 Å². The molecule has 2 heterocycles. The molecule has 1 aromatic carbocycles. The van der Waals surface area contributed by atoms with Gasteiger partial charge in [0.1, 0.15) is 5.82 Å². The van der Waals surface area contributed by atoms with Gasteiger partial charge in [0.25, 0.3) is 0 Å². The van der Waals surface area contributed by atoms with Gasteiger partial charge in [0, 0.05) is 18.7 Å². The van der Waals surface area contributed by atoms with Crippen molar-refractivity contribution in [3.8, 4) is 11.3 Å². The summed E-state index contributed by atoms with van der Waals surface area (Å²) in [6, 6.07) is 8.93. The van der Waals surface area contributed by atoms with Gasteiger partial charge in [-0.05, 0) is 44.0 Å². The van der Waals surface area contributed by atoms with Crippen LogP contribution >= 0.6 is 0 Å². The predicted molar refractivity (Wildman–Crippen MR) is 82.0 cm³/mol. The third kappa shape index (κ3) is 2.51. The summed E-state index contributed by atoms with van der Waals surface area (Å²) in [7, 11) is 0. The molecule has 2 N–H and O–H groups in total. The number of aromatic nitrogens is 2. The maximum Gasteiger partial charge on any atom is 0.148 e. The van der Waals surface area contributed by atoms with Gasteiger partial charge < -0.3 is 10.6 Å². The molecule has 0 atom stereocenters. The highest BCUT2D eigenvalue weighted by atomic mass is 15.2. The van der Waals surface area contributed by atoms with Crippen LogP contribution in [-0.2, 0) is 0 Å². The molecule has 3 rings (SSSR count). The number of aryl methyl sites for hydroxylation is 3. The smallest absolute Gasteiger partial charge is 0.148 e. The molecule has 1 aromatic heterocycles. The Labute approximate surface area is 119 Å². The molecule has 4 nitrogen and oxygen atoms in total. The van der Waals surface area contributed by atoms with E-state index >= 15 is 0 Å². The zero-order valence-electron chi connectivity index (χ0n) is 12.2. The number of hydrogen-bond acceptors (Lipinski definition) is 4. The largest absolute Gasteiger partial charge is 0.363 e. The Morgan fingerprint density at radius 2 is 1.75 bits per heavy atom. The molecular formula is C16H20N4. The highest BCUT2D eigenvalue weighted by molar-refractivity contribution is 5.68. The van der Waals surface area contributed by atoms with Crippen molar-refractivity contribution in [2.75, 3.05) is 18.4 Å². The Hall–Kier alpha value is -1.94. The van der Waals surface area contributed by atoms with E-state index in [1.54, 1.807) is 0 Å². The summed E-state index contributed by atoms with van der Waals surface area (Å²) in [6.07, 6.45) is 0. The minimum absolute atomic E-state index is 0.484. The Morgan fingerprint density at radius 3 is 2.25 bits per heavy atom. The lowest BCUT2D eigenvalue weighted by Crippen LogP contribution is -2.51. The SMILES string of the molecule is Cc1cc(C)c(-c2ccc(NC3CNC3)nn2)c(C)c1. The fourth-order valence-corrected chi connectivity index (χ4v) is 2.73. The third-order valence-electron chi connectivity index (χ3n) is 3.73. The summed E-state index contributed by atoms with van der Waals surface area (Å²) in [5.41, 5.74) is 5.92. The molecule has 0 saturated carbocycles. The summed E-state index contributed by atoms with van der Waals surface area (Å²) >= 11 is 0. The van der Waals surface area contributed by atoms with Crippen molar-refractivity contribution in [2.24, 2.45) is 0 Å². The van der Waals surface area contributed by atoms with Crippen LogP contribution in [0.5, 0.6) is 0 Å². The maximum atomic E-state index is 4.38. The Morgan fingerprint density at radius 1 is 1.05 bits per heavy atom. The quantitative estimate of drug-likeness (QED) is 0.898. The van der Waals surface area contributed by atoms with E-state index in [2.05, 4.69) is 53.7 Å². The molecule has 1 aliphatic heterocycles. The molecule has 0 aliphatic carbocycles. The van der Waals surface area contributed by atoms with E-state index in [4.69, 9.17) is 0 Å². The molecule has 4 heteroatoms. The average molecular weight is 268 g/mol. The van der Waals surface area contributed by atoms with E-state index in [-0.39, 0.29) is 0 Å². The van der Waals surface area contributed by atoms with Crippen molar-refractivity contribution in [3.05, 3.63) is 41.0 Å². The van der Waals surface area contributed by atoms with Crippen LogP contribution < -0.4 is 10.6 Å². The predicted octanol–water partition coefficient (Wildman–Crippen LogP) is 2.45. The van der Waals surface area contributed by atoms with Crippen LogP contribution in [-0.4, -0.2) is 29.3 Å². The van der Waals surface area contributed by atoms with Gasteiger partial charge in [-0.25, -0.2) is 0 Å². The zero-order valence-corrected chi connectivity index (χ0v) is 12.2. The second-order valence-electron chi connectivity index (χ2n) is 5.58. The first-order valence-electron chi connectivity index (χ1n) is 7.02. The van der Waals surface area contributed by atoms with Crippen LogP contribution in [0.25, 0.3) is 11.3 Å². The molecule has 1 saturated heterocycles. The summed E-state index contributed by atoms with van der Waals surface area (Å²) in [4.78, 5) is 0. The molecule has 1 aliphatic rings. The van der Waals surface area contributed by atoms with E-state index < -0.39 is 0 Å². The number of benzene rings is 1. The molecule has 0 amide bonds. The first-order chi connectivity index (χ1) is 9.63. The first kappa shape index (κ1) is 13.1. The Balaban J connectivity index is 1.87. The molecular weight excluding hydrogens is 248 g/mol. The van der Waals surface area contributed by atoms with Crippen molar-refractivity contribution in [1.82, 2.24) is 15.5 Å². The van der Waals surface area contributed by atoms with Crippen LogP contribution in [0.15, 0.2) is 24.3 Å². The Kier molecular flexibility index (Phi) is 3.40. The van der Waals surface area contributed by atoms with Crippen molar-refractivity contribution in [1.29, 1.82) is 0 Å². The average Bonchev–Trinajstić information content (AvgIpc) is 2.34. The normalized spacial score (nSPS) is 14.9.